The third-order valence-electron chi connectivity index (χ3n) is 2.78. The fraction of sp³-hybridized carbons (Fsp3) is 0. The van der Waals surface area contributed by atoms with Crippen LogP contribution in [0.2, 0.25) is 5.15 Å². The van der Waals surface area contributed by atoms with E-state index in [0.717, 1.165) is 4.96 Å². The zero-order valence-corrected chi connectivity index (χ0v) is 12.2. The Kier molecular flexibility index (Phi) is 3.59. The first-order valence-electron chi connectivity index (χ1n) is 5.95. The van der Waals surface area contributed by atoms with Gasteiger partial charge in [-0.25, -0.2) is 10.4 Å². The smallest absolute Gasteiger partial charge is 0.271 e. The highest BCUT2D eigenvalue weighted by Gasteiger charge is 2.09. The molecule has 0 radical (unpaired) electrons. The van der Waals surface area contributed by atoms with Crippen LogP contribution < -0.4 is 11.2 Å². The average Bonchev–Trinajstić information content (AvgIpc) is 3.02. The minimum Gasteiger partial charge on any atom is -0.399 e. The highest BCUT2D eigenvalue weighted by Crippen LogP contribution is 2.19. The fourth-order valence-corrected chi connectivity index (χ4v) is 2.73. The first-order valence-corrected chi connectivity index (χ1v) is 7.21. The van der Waals surface area contributed by atoms with Gasteiger partial charge >= 0.3 is 0 Å². The molecule has 0 bridgehead atoms. The summed E-state index contributed by atoms with van der Waals surface area (Å²) in [6, 6.07) is 6.56. The molecule has 3 N–H and O–H groups in total. The maximum Gasteiger partial charge on any atom is 0.271 e. The average molecular weight is 320 g/mol. The lowest BCUT2D eigenvalue weighted by Gasteiger charge is -2.00. The number of carbonyl (C=O) groups is 1. The molecule has 1 aromatic carbocycles. The van der Waals surface area contributed by atoms with Crippen molar-refractivity contribution in [2.24, 2.45) is 5.10 Å². The third-order valence-corrected chi connectivity index (χ3v) is 3.81. The number of hydrogen-bond donors (Lipinski definition) is 2. The van der Waals surface area contributed by atoms with Gasteiger partial charge in [-0.3, -0.25) is 9.20 Å². The Balaban J connectivity index is 1.75. The molecule has 0 spiro atoms. The zero-order valence-electron chi connectivity index (χ0n) is 10.7. The van der Waals surface area contributed by atoms with E-state index in [2.05, 4.69) is 15.5 Å². The topological polar surface area (TPSA) is 84.8 Å². The lowest BCUT2D eigenvalue weighted by molar-refractivity contribution is 0.0955. The summed E-state index contributed by atoms with van der Waals surface area (Å²) in [5.41, 5.74) is 9.69. The van der Waals surface area contributed by atoms with Gasteiger partial charge in [-0.05, 0) is 24.3 Å². The number of nitrogens with zero attached hydrogens (tertiary/aromatic N) is 3. The van der Waals surface area contributed by atoms with E-state index >= 15 is 0 Å². The van der Waals surface area contributed by atoms with E-state index in [1.807, 2.05) is 11.6 Å². The van der Waals surface area contributed by atoms with Crippen molar-refractivity contribution in [1.29, 1.82) is 0 Å². The summed E-state index contributed by atoms with van der Waals surface area (Å²) >= 11 is 7.48. The summed E-state index contributed by atoms with van der Waals surface area (Å²) in [6.45, 7) is 0. The SMILES string of the molecule is Nc1ccc(C(=O)N/N=C\c2c(Cl)nc3sccn23)cc1. The van der Waals surface area contributed by atoms with Crippen molar-refractivity contribution in [2.75, 3.05) is 5.73 Å². The lowest BCUT2D eigenvalue weighted by Crippen LogP contribution is -2.17. The van der Waals surface area contributed by atoms with Crippen molar-refractivity contribution in [3.63, 3.8) is 0 Å². The first kappa shape index (κ1) is 13.6. The molecule has 2 heterocycles. The summed E-state index contributed by atoms with van der Waals surface area (Å²) in [6.07, 6.45) is 3.30. The Morgan fingerprint density at radius 1 is 1.43 bits per heavy atom. The second-order valence-corrected chi connectivity index (χ2v) is 5.40. The van der Waals surface area contributed by atoms with Crippen LogP contribution in [0.1, 0.15) is 16.1 Å². The quantitative estimate of drug-likeness (QED) is 0.441. The second kappa shape index (κ2) is 5.55. The second-order valence-electron chi connectivity index (χ2n) is 4.16. The highest BCUT2D eigenvalue weighted by atomic mass is 35.5. The molecule has 0 saturated carbocycles. The van der Waals surface area contributed by atoms with Gasteiger partial charge in [0.1, 0.15) is 5.69 Å². The number of halogens is 1. The first-order chi connectivity index (χ1) is 10.1. The van der Waals surface area contributed by atoms with Crippen molar-refractivity contribution in [2.45, 2.75) is 0 Å². The van der Waals surface area contributed by atoms with Crippen molar-refractivity contribution in [3.05, 3.63) is 52.3 Å². The maximum absolute atomic E-state index is 11.9. The number of hydrazone groups is 1. The molecule has 0 atom stereocenters. The third kappa shape index (κ3) is 2.74. The van der Waals surface area contributed by atoms with Gasteiger partial charge in [-0.15, -0.1) is 11.3 Å². The van der Waals surface area contributed by atoms with Gasteiger partial charge in [0.25, 0.3) is 5.91 Å². The predicted octanol–water partition coefficient (Wildman–Crippen LogP) is 2.40. The van der Waals surface area contributed by atoms with Crippen LogP contribution in [0, 0.1) is 0 Å². The molecule has 0 unspecified atom stereocenters. The number of fused-ring (bicyclic) bond motifs is 1. The summed E-state index contributed by atoms with van der Waals surface area (Å²) in [4.78, 5) is 16.8. The Hall–Kier alpha value is -2.38. The molecule has 3 aromatic rings. The van der Waals surface area contributed by atoms with Crippen molar-refractivity contribution < 1.29 is 4.79 Å². The van der Waals surface area contributed by atoms with Gasteiger partial charge in [0.2, 0.25) is 0 Å². The minimum absolute atomic E-state index is 0.326. The van der Waals surface area contributed by atoms with Crippen LogP contribution in [0.3, 0.4) is 0 Å². The lowest BCUT2D eigenvalue weighted by atomic mass is 10.2. The molecule has 3 rings (SSSR count). The fourth-order valence-electron chi connectivity index (χ4n) is 1.74. The van der Waals surface area contributed by atoms with Gasteiger partial charge in [-0.2, -0.15) is 5.10 Å². The number of anilines is 1. The Labute approximate surface area is 128 Å². The zero-order chi connectivity index (χ0) is 14.8. The number of amides is 1. The number of aromatic nitrogens is 2. The van der Waals surface area contributed by atoms with Crippen molar-refractivity contribution >= 4 is 45.7 Å². The molecule has 0 fully saturated rings. The monoisotopic (exact) mass is 319 g/mol. The Bertz CT molecular complexity index is 821. The minimum atomic E-state index is -0.326. The number of carbonyl (C=O) groups excluding carboxylic acids is 1. The number of thiazole rings is 1. The molecular weight excluding hydrogens is 310 g/mol. The molecule has 0 aliphatic heterocycles. The van der Waals surface area contributed by atoms with Crippen LogP contribution in [-0.2, 0) is 0 Å². The van der Waals surface area contributed by atoms with Crippen LogP contribution in [-0.4, -0.2) is 21.5 Å². The summed E-state index contributed by atoms with van der Waals surface area (Å²) in [7, 11) is 0. The number of rotatable bonds is 3. The standard InChI is InChI=1S/C13H10ClN5OS/c14-11-10(19-5-6-21-13(19)17-11)7-16-18-12(20)8-1-3-9(15)4-2-8/h1-7H,15H2,(H,18,20)/b16-7-. The van der Waals surface area contributed by atoms with Crippen molar-refractivity contribution in [3.8, 4) is 0 Å². The van der Waals surface area contributed by atoms with Crippen LogP contribution in [0.25, 0.3) is 4.96 Å². The Morgan fingerprint density at radius 2 is 2.19 bits per heavy atom. The summed E-state index contributed by atoms with van der Waals surface area (Å²) in [5.74, 6) is -0.326. The number of nitrogens with one attached hydrogen (secondary N) is 1. The molecular formula is C13H10ClN5OS. The van der Waals surface area contributed by atoms with Gasteiger partial charge in [0, 0.05) is 22.8 Å². The van der Waals surface area contributed by atoms with E-state index in [9.17, 15) is 4.79 Å². The molecule has 0 aliphatic rings. The predicted molar refractivity (Wildman–Crippen MR) is 84.0 cm³/mol. The van der Waals surface area contributed by atoms with Crippen LogP contribution in [0.15, 0.2) is 40.9 Å². The van der Waals surface area contributed by atoms with Crippen LogP contribution in [0.4, 0.5) is 5.69 Å². The van der Waals surface area contributed by atoms with E-state index in [0.29, 0.717) is 22.1 Å². The van der Waals surface area contributed by atoms with Gasteiger partial charge < -0.3 is 5.73 Å². The number of nitrogens with two attached hydrogens (primary N) is 1. The molecule has 106 valence electrons. The number of hydrogen-bond acceptors (Lipinski definition) is 5. The van der Waals surface area contributed by atoms with Crippen molar-refractivity contribution in [1.82, 2.24) is 14.8 Å². The largest absolute Gasteiger partial charge is 0.399 e. The summed E-state index contributed by atoms with van der Waals surface area (Å²) in [5, 5.41) is 6.14. The maximum atomic E-state index is 11.9. The van der Waals surface area contributed by atoms with E-state index in [-0.39, 0.29) is 5.91 Å². The Morgan fingerprint density at radius 3 is 2.95 bits per heavy atom. The normalized spacial score (nSPS) is 11.3. The van der Waals surface area contributed by atoms with E-state index in [1.165, 1.54) is 17.6 Å². The van der Waals surface area contributed by atoms with Gasteiger partial charge in [0.05, 0.1) is 6.21 Å². The molecule has 6 nitrogen and oxygen atoms in total. The molecule has 8 heteroatoms. The summed E-state index contributed by atoms with van der Waals surface area (Å²) < 4.78 is 1.80. The van der Waals surface area contributed by atoms with Crippen LogP contribution in [0.5, 0.6) is 0 Å². The molecule has 0 aliphatic carbocycles. The number of imidazole rings is 1. The van der Waals surface area contributed by atoms with Gasteiger partial charge in [-0.1, -0.05) is 11.6 Å². The number of benzene rings is 1. The van der Waals surface area contributed by atoms with E-state index < -0.39 is 0 Å². The van der Waals surface area contributed by atoms with E-state index in [1.54, 1.807) is 28.7 Å². The highest BCUT2D eigenvalue weighted by molar-refractivity contribution is 7.15. The number of nitrogen functional groups attached to an aromatic ring is 1. The molecule has 21 heavy (non-hydrogen) atoms. The van der Waals surface area contributed by atoms with E-state index in [4.69, 9.17) is 17.3 Å². The molecule has 1 amide bonds. The molecule has 2 aromatic heterocycles. The van der Waals surface area contributed by atoms with Crippen LogP contribution >= 0.6 is 22.9 Å². The molecule has 0 saturated heterocycles. The van der Waals surface area contributed by atoms with Gasteiger partial charge in [0.15, 0.2) is 10.1 Å².